The van der Waals surface area contributed by atoms with Crippen molar-refractivity contribution in [1.29, 1.82) is 0 Å². The SMILES string of the molecule is Clc1cc(Cl)cc(Sc2ccc3c(c2)C2(c4ccccc4-3)c3ccccc3-c3ccc(Sc4cc(Cl)cc(Cl)c4)cc32)c1. The lowest BCUT2D eigenvalue weighted by Gasteiger charge is -2.31. The van der Waals surface area contributed by atoms with Crippen LogP contribution in [0.4, 0.5) is 0 Å². The smallest absolute Gasteiger partial charge is 0.0726 e. The highest BCUT2D eigenvalue weighted by Crippen LogP contribution is 2.63. The Morgan fingerprint density at radius 2 is 0.721 bits per heavy atom. The first kappa shape index (κ1) is 27.7. The molecule has 0 saturated carbocycles. The van der Waals surface area contributed by atoms with Crippen molar-refractivity contribution in [2.24, 2.45) is 0 Å². The molecule has 0 radical (unpaired) electrons. The summed E-state index contributed by atoms with van der Waals surface area (Å²) in [5, 5.41) is 2.52. The van der Waals surface area contributed by atoms with Crippen LogP contribution in [-0.4, -0.2) is 0 Å². The van der Waals surface area contributed by atoms with E-state index in [4.69, 9.17) is 46.4 Å². The summed E-state index contributed by atoms with van der Waals surface area (Å²) >= 11 is 28.8. The van der Waals surface area contributed by atoms with Crippen LogP contribution in [0.3, 0.4) is 0 Å². The average Bonchev–Trinajstić information content (AvgIpc) is 3.43. The van der Waals surface area contributed by atoms with Crippen molar-refractivity contribution in [2.45, 2.75) is 25.0 Å². The molecule has 0 heterocycles. The Morgan fingerprint density at radius 3 is 1.14 bits per heavy atom. The van der Waals surface area contributed by atoms with Gasteiger partial charge in [-0.1, -0.05) is 131 Å². The fraction of sp³-hybridized carbons (Fsp3) is 0.0270. The van der Waals surface area contributed by atoms with Crippen molar-refractivity contribution < 1.29 is 0 Å². The minimum Gasteiger partial charge on any atom is -0.0900 e. The van der Waals surface area contributed by atoms with Gasteiger partial charge in [0.1, 0.15) is 0 Å². The van der Waals surface area contributed by atoms with Gasteiger partial charge in [0.2, 0.25) is 0 Å². The van der Waals surface area contributed by atoms with Gasteiger partial charge in [-0.2, -0.15) is 0 Å². The van der Waals surface area contributed by atoms with E-state index in [2.05, 4.69) is 84.9 Å². The van der Waals surface area contributed by atoms with Crippen LogP contribution in [0, 0.1) is 0 Å². The van der Waals surface area contributed by atoms with Crippen LogP contribution in [0.15, 0.2) is 141 Å². The molecule has 2 aliphatic rings. The lowest BCUT2D eigenvalue weighted by atomic mass is 9.70. The van der Waals surface area contributed by atoms with Gasteiger partial charge in [0, 0.05) is 39.7 Å². The molecule has 0 aliphatic heterocycles. The van der Waals surface area contributed by atoms with Crippen molar-refractivity contribution >= 4 is 69.9 Å². The van der Waals surface area contributed by atoms with Gasteiger partial charge >= 0.3 is 0 Å². The Hall–Kier alpha value is -2.82. The summed E-state index contributed by atoms with van der Waals surface area (Å²) < 4.78 is 0. The molecule has 6 heteroatoms. The number of fused-ring (bicyclic) bond motifs is 10. The predicted molar refractivity (Wildman–Crippen MR) is 184 cm³/mol. The molecule has 0 N–H and O–H groups in total. The Labute approximate surface area is 279 Å². The second-order valence-electron chi connectivity index (χ2n) is 10.7. The zero-order valence-corrected chi connectivity index (χ0v) is 27.0. The molecule has 0 atom stereocenters. The van der Waals surface area contributed by atoms with Gasteiger partial charge in [-0.15, -0.1) is 0 Å². The topological polar surface area (TPSA) is 0 Å². The van der Waals surface area contributed by atoms with Crippen LogP contribution >= 0.6 is 69.9 Å². The molecule has 8 rings (SSSR count). The maximum absolute atomic E-state index is 6.36. The standard InChI is InChI=1S/C37H20Cl4S2/c38-21-13-22(39)16-27(15-21)42-25-9-11-31-29-5-1-3-7-33(29)37(35(31)19-25)34-8-4-2-6-30(34)32-12-10-26(20-36(32)37)43-28-17-23(40)14-24(41)18-28/h1-20H. The van der Waals surface area contributed by atoms with E-state index in [0.29, 0.717) is 20.1 Å². The number of hydrogen-bond acceptors (Lipinski definition) is 2. The normalized spacial score (nSPS) is 13.5. The Kier molecular flexibility index (Phi) is 6.87. The van der Waals surface area contributed by atoms with E-state index >= 15 is 0 Å². The van der Waals surface area contributed by atoms with Gasteiger partial charge in [0.15, 0.2) is 0 Å². The van der Waals surface area contributed by atoms with E-state index in [9.17, 15) is 0 Å². The summed E-state index contributed by atoms with van der Waals surface area (Å²) in [4.78, 5) is 4.28. The van der Waals surface area contributed by atoms with Crippen LogP contribution in [0.5, 0.6) is 0 Å². The average molecular weight is 671 g/mol. The maximum Gasteiger partial charge on any atom is 0.0726 e. The molecule has 6 aromatic rings. The molecule has 208 valence electrons. The lowest BCUT2D eigenvalue weighted by Crippen LogP contribution is -2.26. The van der Waals surface area contributed by atoms with Crippen LogP contribution < -0.4 is 0 Å². The highest BCUT2D eigenvalue weighted by atomic mass is 35.5. The summed E-state index contributed by atoms with van der Waals surface area (Å²) in [5.41, 5.74) is 9.76. The van der Waals surface area contributed by atoms with Gasteiger partial charge in [-0.05, 0) is 105 Å². The monoisotopic (exact) mass is 668 g/mol. The lowest BCUT2D eigenvalue weighted by molar-refractivity contribution is 0.788. The summed E-state index contributed by atoms with van der Waals surface area (Å²) in [6.45, 7) is 0. The summed E-state index contributed by atoms with van der Waals surface area (Å²) in [5.74, 6) is 0. The highest BCUT2D eigenvalue weighted by Gasteiger charge is 2.51. The van der Waals surface area contributed by atoms with E-state index in [0.717, 1.165) is 19.6 Å². The first-order valence-electron chi connectivity index (χ1n) is 13.7. The minimum absolute atomic E-state index is 0.455. The molecular weight excluding hydrogens is 650 g/mol. The molecule has 0 nitrogen and oxygen atoms in total. The molecule has 6 aromatic carbocycles. The molecule has 1 spiro atoms. The first-order chi connectivity index (χ1) is 20.9. The van der Waals surface area contributed by atoms with Gasteiger partial charge in [0.05, 0.1) is 5.41 Å². The number of hydrogen-bond donors (Lipinski definition) is 0. The van der Waals surface area contributed by atoms with Gasteiger partial charge < -0.3 is 0 Å². The Balaban J connectivity index is 1.35. The molecule has 0 fully saturated rings. The molecular formula is C37H20Cl4S2. The molecule has 43 heavy (non-hydrogen) atoms. The number of rotatable bonds is 4. The van der Waals surface area contributed by atoms with E-state index < -0.39 is 5.41 Å². The first-order valence-corrected chi connectivity index (χ1v) is 16.8. The molecule has 0 aromatic heterocycles. The maximum atomic E-state index is 6.36. The minimum atomic E-state index is -0.455. The third-order valence-corrected chi connectivity index (χ3v) is 11.0. The second kappa shape index (κ2) is 10.7. The van der Waals surface area contributed by atoms with Gasteiger partial charge in [-0.3, -0.25) is 0 Å². The molecule has 2 aliphatic carbocycles. The van der Waals surface area contributed by atoms with Crippen molar-refractivity contribution in [3.8, 4) is 22.3 Å². The summed E-state index contributed by atoms with van der Waals surface area (Å²) in [6.07, 6.45) is 0. The van der Waals surface area contributed by atoms with Gasteiger partial charge in [0.25, 0.3) is 0 Å². The zero-order valence-electron chi connectivity index (χ0n) is 22.4. The van der Waals surface area contributed by atoms with Crippen molar-refractivity contribution in [3.63, 3.8) is 0 Å². The van der Waals surface area contributed by atoms with Crippen molar-refractivity contribution in [1.82, 2.24) is 0 Å². The third kappa shape index (κ3) is 4.54. The number of benzene rings is 6. The van der Waals surface area contributed by atoms with Crippen molar-refractivity contribution in [2.75, 3.05) is 0 Å². The molecule has 0 bridgehead atoms. The Bertz CT molecular complexity index is 1910. The quantitative estimate of drug-likeness (QED) is 0.183. The van der Waals surface area contributed by atoms with E-state index in [-0.39, 0.29) is 0 Å². The largest absolute Gasteiger partial charge is 0.0900 e. The second-order valence-corrected chi connectivity index (χ2v) is 14.7. The fourth-order valence-electron chi connectivity index (χ4n) is 6.67. The van der Waals surface area contributed by atoms with Crippen molar-refractivity contribution in [3.05, 3.63) is 164 Å². The fourth-order valence-corrected chi connectivity index (χ4v) is 9.90. The Morgan fingerprint density at radius 1 is 0.349 bits per heavy atom. The summed E-state index contributed by atoms with van der Waals surface area (Å²) in [7, 11) is 0. The predicted octanol–water partition coefficient (Wildman–Crippen LogP) is 12.9. The van der Waals surface area contributed by atoms with E-state index in [1.54, 1.807) is 35.7 Å². The van der Waals surface area contributed by atoms with Crippen LogP contribution in [0.25, 0.3) is 22.3 Å². The van der Waals surface area contributed by atoms with E-state index in [1.165, 1.54) is 44.5 Å². The summed E-state index contributed by atoms with van der Waals surface area (Å²) in [6, 6.07) is 42.7. The van der Waals surface area contributed by atoms with Crippen LogP contribution in [0.1, 0.15) is 22.3 Å². The van der Waals surface area contributed by atoms with Crippen LogP contribution in [0.2, 0.25) is 20.1 Å². The molecule has 0 saturated heterocycles. The van der Waals surface area contributed by atoms with Crippen LogP contribution in [-0.2, 0) is 5.41 Å². The highest BCUT2D eigenvalue weighted by molar-refractivity contribution is 7.99. The molecule has 0 unspecified atom stereocenters. The third-order valence-electron chi connectivity index (χ3n) is 8.18. The number of halogens is 4. The van der Waals surface area contributed by atoms with E-state index in [1.807, 2.05) is 24.3 Å². The zero-order chi connectivity index (χ0) is 29.3. The van der Waals surface area contributed by atoms with Gasteiger partial charge in [-0.25, -0.2) is 0 Å². The molecule has 0 amide bonds.